The molecule has 0 aromatic heterocycles. The summed E-state index contributed by atoms with van der Waals surface area (Å²) in [7, 11) is -0.531. The first-order valence-corrected chi connectivity index (χ1v) is 6.03. The molecular weight excluding hydrogens is 230 g/mol. The Hall–Kier alpha value is -1.13. The first-order chi connectivity index (χ1) is 8.23. The van der Waals surface area contributed by atoms with Gasteiger partial charge in [0.25, 0.3) is 0 Å². The average Bonchev–Trinajstić information content (AvgIpc) is 2.47. The van der Waals surface area contributed by atoms with Crippen LogP contribution in [0.3, 0.4) is 0 Å². The molecule has 0 spiro atoms. The van der Waals surface area contributed by atoms with E-state index in [9.17, 15) is 4.39 Å². The van der Waals surface area contributed by atoms with Crippen molar-refractivity contribution < 1.29 is 13.7 Å². The van der Waals surface area contributed by atoms with Crippen molar-refractivity contribution in [2.75, 3.05) is 0 Å². The topological polar surface area (TPSA) is 18.5 Å². The van der Waals surface area contributed by atoms with Crippen LogP contribution in [0, 0.1) is 5.82 Å². The Kier molecular flexibility index (Phi) is 3.12. The van der Waals surface area contributed by atoms with E-state index in [2.05, 4.69) is 6.58 Å². The maximum Gasteiger partial charge on any atom is 0.494 e. The fourth-order valence-corrected chi connectivity index (χ4v) is 1.81. The van der Waals surface area contributed by atoms with Gasteiger partial charge in [-0.25, -0.2) is 4.39 Å². The number of benzene rings is 1. The molecule has 0 atom stereocenters. The summed E-state index contributed by atoms with van der Waals surface area (Å²) in [6.07, 6.45) is 0. The molecule has 0 bridgehead atoms. The fourth-order valence-electron chi connectivity index (χ4n) is 1.81. The zero-order valence-corrected chi connectivity index (χ0v) is 11.3. The number of hydrogen-bond donors (Lipinski definition) is 0. The molecule has 1 aromatic carbocycles. The highest BCUT2D eigenvalue weighted by atomic mass is 19.1. The molecule has 0 unspecified atom stereocenters. The van der Waals surface area contributed by atoms with Crippen LogP contribution in [0.25, 0.3) is 5.47 Å². The average molecular weight is 248 g/mol. The van der Waals surface area contributed by atoms with Gasteiger partial charge in [-0.05, 0) is 50.9 Å². The highest BCUT2D eigenvalue weighted by Gasteiger charge is 2.52. The van der Waals surface area contributed by atoms with E-state index in [4.69, 9.17) is 9.31 Å². The van der Waals surface area contributed by atoms with Gasteiger partial charge in [-0.3, -0.25) is 0 Å². The van der Waals surface area contributed by atoms with Crippen molar-refractivity contribution in [1.82, 2.24) is 0 Å². The first kappa shape index (κ1) is 13.3. The molecule has 18 heavy (non-hydrogen) atoms. The van der Waals surface area contributed by atoms with Gasteiger partial charge < -0.3 is 9.31 Å². The van der Waals surface area contributed by atoms with Crippen molar-refractivity contribution in [2.45, 2.75) is 38.9 Å². The maximum atomic E-state index is 13.2. The van der Waals surface area contributed by atoms with Gasteiger partial charge in [-0.2, -0.15) is 0 Å². The lowest BCUT2D eigenvalue weighted by Crippen LogP contribution is -2.41. The summed E-state index contributed by atoms with van der Waals surface area (Å²) in [6.45, 7) is 11.9. The monoisotopic (exact) mass is 248 g/mol. The maximum absolute atomic E-state index is 13.2. The predicted octanol–water partition coefficient (Wildman–Crippen LogP) is 3.47. The third-order valence-corrected chi connectivity index (χ3v) is 3.73. The lowest BCUT2D eigenvalue weighted by molar-refractivity contribution is 0.00578. The van der Waals surface area contributed by atoms with Crippen LogP contribution in [-0.4, -0.2) is 18.3 Å². The molecule has 96 valence electrons. The molecule has 2 rings (SSSR count). The fraction of sp³-hybridized carbons (Fsp3) is 0.429. The van der Waals surface area contributed by atoms with Crippen LogP contribution in [0.4, 0.5) is 4.39 Å². The molecule has 0 N–H and O–H groups in total. The van der Waals surface area contributed by atoms with E-state index in [0.717, 1.165) is 0 Å². The third kappa shape index (κ3) is 2.23. The second-order valence-corrected chi connectivity index (χ2v) is 5.62. The van der Waals surface area contributed by atoms with Gasteiger partial charge in [0, 0.05) is 0 Å². The Balaban J connectivity index is 2.23. The number of rotatable bonds is 2. The minimum atomic E-state index is -0.531. The molecule has 1 heterocycles. The van der Waals surface area contributed by atoms with Gasteiger partial charge in [0.05, 0.1) is 11.2 Å². The van der Waals surface area contributed by atoms with Crippen molar-refractivity contribution in [3.63, 3.8) is 0 Å². The van der Waals surface area contributed by atoms with Gasteiger partial charge in [-0.1, -0.05) is 18.7 Å². The van der Waals surface area contributed by atoms with E-state index >= 15 is 0 Å². The molecule has 2 nitrogen and oxygen atoms in total. The second-order valence-electron chi connectivity index (χ2n) is 5.62. The highest BCUT2D eigenvalue weighted by Crippen LogP contribution is 2.39. The van der Waals surface area contributed by atoms with Gasteiger partial charge in [0.15, 0.2) is 0 Å². The molecule has 0 saturated carbocycles. The Morgan fingerprint density at radius 3 is 2.22 bits per heavy atom. The molecule has 1 aliphatic rings. The standard InChI is InChI=1S/C14H18BFO2/c1-10(11-7-6-8-12(16)9-11)15-17-13(2,3)14(4,5)18-15/h6-9H,1H2,2-5H3. The van der Waals surface area contributed by atoms with Crippen LogP contribution >= 0.6 is 0 Å². The van der Waals surface area contributed by atoms with Crippen molar-refractivity contribution in [3.8, 4) is 0 Å². The zero-order chi connectivity index (χ0) is 13.6. The normalized spacial score (nSPS) is 21.1. The first-order valence-electron chi connectivity index (χ1n) is 6.03. The summed E-state index contributed by atoms with van der Waals surface area (Å²) in [6, 6.07) is 6.30. The predicted molar refractivity (Wildman–Crippen MR) is 71.5 cm³/mol. The molecule has 0 aliphatic carbocycles. The van der Waals surface area contributed by atoms with Crippen LogP contribution in [0.5, 0.6) is 0 Å². The number of hydrogen-bond acceptors (Lipinski definition) is 2. The van der Waals surface area contributed by atoms with E-state index < -0.39 is 18.3 Å². The summed E-state index contributed by atoms with van der Waals surface area (Å²) < 4.78 is 24.9. The van der Waals surface area contributed by atoms with E-state index in [-0.39, 0.29) is 5.82 Å². The number of halogens is 1. The van der Waals surface area contributed by atoms with Crippen LogP contribution in [0.2, 0.25) is 0 Å². The molecule has 1 fully saturated rings. The second kappa shape index (κ2) is 4.21. The van der Waals surface area contributed by atoms with Crippen LogP contribution < -0.4 is 0 Å². The van der Waals surface area contributed by atoms with Crippen molar-refractivity contribution >= 4 is 12.6 Å². The molecule has 4 heteroatoms. The molecule has 0 amide bonds. The summed E-state index contributed by atoms with van der Waals surface area (Å²) in [5.41, 5.74) is 0.531. The molecular formula is C14H18BFO2. The van der Waals surface area contributed by atoms with Crippen LogP contribution in [0.15, 0.2) is 30.8 Å². The molecule has 1 saturated heterocycles. The van der Waals surface area contributed by atoms with Crippen LogP contribution in [0.1, 0.15) is 33.3 Å². The van der Waals surface area contributed by atoms with E-state index in [1.165, 1.54) is 12.1 Å². The van der Waals surface area contributed by atoms with Crippen molar-refractivity contribution in [1.29, 1.82) is 0 Å². The zero-order valence-electron chi connectivity index (χ0n) is 11.3. The lowest BCUT2D eigenvalue weighted by atomic mass is 9.75. The SMILES string of the molecule is C=C(B1OC(C)(C)C(C)(C)O1)c1cccc(F)c1. The van der Waals surface area contributed by atoms with E-state index in [0.29, 0.717) is 11.0 Å². The van der Waals surface area contributed by atoms with Gasteiger partial charge in [-0.15, -0.1) is 0 Å². The Morgan fingerprint density at radius 1 is 1.17 bits per heavy atom. The van der Waals surface area contributed by atoms with Gasteiger partial charge in [0.1, 0.15) is 5.82 Å². The third-order valence-electron chi connectivity index (χ3n) is 3.73. The summed E-state index contributed by atoms with van der Waals surface area (Å²) >= 11 is 0. The van der Waals surface area contributed by atoms with Gasteiger partial charge in [0.2, 0.25) is 0 Å². The van der Waals surface area contributed by atoms with Gasteiger partial charge >= 0.3 is 7.12 Å². The van der Waals surface area contributed by atoms with E-state index in [1.54, 1.807) is 12.1 Å². The minimum absolute atomic E-state index is 0.287. The lowest BCUT2D eigenvalue weighted by Gasteiger charge is -2.32. The van der Waals surface area contributed by atoms with Crippen molar-refractivity contribution in [2.24, 2.45) is 0 Å². The highest BCUT2D eigenvalue weighted by molar-refractivity contribution is 6.68. The van der Waals surface area contributed by atoms with E-state index in [1.807, 2.05) is 27.7 Å². The summed E-state index contributed by atoms with van der Waals surface area (Å²) in [4.78, 5) is 0. The minimum Gasteiger partial charge on any atom is -0.399 e. The molecule has 0 radical (unpaired) electrons. The van der Waals surface area contributed by atoms with Crippen LogP contribution in [-0.2, 0) is 9.31 Å². The smallest absolute Gasteiger partial charge is 0.399 e. The summed E-state index contributed by atoms with van der Waals surface area (Å²) in [5.74, 6) is -0.287. The summed E-state index contributed by atoms with van der Waals surface area (Å²) in [5, 5.41) is 0. The van der Waals surface area contributed by atoms with Crippen molar-refractivity contribution in [3.05, 3.63) is 42.2 Å². The largest absolute Gasteiger partial charge is 0.494 e. The molecule has 1 aromatic rings. The Labute approximate surface area is 108 Å². The Morgan fingerprint density at radius 2 is 1.72 bits per heavy atom. The Bertz CT molecular complexity index is 466. The molecule has 1 aliphatic heterocycles. The quantitative estimate of drug-likeness (QED) is 0.746.